The molecule has 212 valence electrons. The first kappa shape index (κ1) is 26.9. The minimum atomic E-state index is -0.427. The zero-order valence-corrected chi connectivity index (χ0v) is 24.3. The molecule has 1 aromatic heterocycles. The van der Waals surface area contributed by atoms with Gasteiger partial charge in [0, 0.05) is 53.7 Å². The molecule has 2 amide bonds. The molecule has 2 fully saturated rings. The lowest BCUT2D eigenvalue weighted by atomic mass is 9.81. The standard InChI is InChI=1S/C33H42N4O3/c1-20-17-36(18-21(2)35(20)3)33(39)25-14-24-15-26(40-4)11-13-27(24)31-30(22-8-6-5-7-9-22)28-12-10-23(32(34)38)16-29(28)37(31)19-25/h10-13,15-16,20-22,25H,5-9,14,17-19H2,1-4H3,(H2,34,38)/t20-,21+,25?. The second-order valence-electron chi connectivity index (χ2n) is 12.3. The lowest BCUT2D eigenvalue weighted by Gasteiger charge is -2.43. The fourth-order valence-corrected chi connectivity index (χ4v) is 7.47. The van der Waals surface area contributed by atoms with E-state index >= 15 is 0 Å². The van der Waals surface area contributed by atoms with Gasteiger partial charge in [-0.15, -0.1) is 0 Å². The lowest BCUT2D eigenvalue weighted by molar-refractivity contribution is -0.139. The average molecular weight is 543 g/mol. The van der Waals surface area contributed by atoms with Gasteiger partial charge < -0.3 is 19.9 Å². The van der Waals surface area contributed by atoms with Gasteiger partial charge in [0.05, 0.1) is 18.7 Å². The molecule has 1 aliphatic carbocycles. The van der Waals surface area contributed by atoms with Crippen LogP contribution in [0.1, 0.15) is 73.4 Å². The number of carbonyl (C=O) groups excluding carboxylic acids is 2. The van der Waals surface area contributed by atoms with Gasteiger partial charge in [-0.2, -0.15) is 0 Å². The molecule has 2 N–H and O–H groups in total. The molecular weight excluding hydrogens is 500 g/mol. The van der Waals surface area contributed by atoms with Crippen LogP contribution < -0.4 is 10.5 Å². The van der Waals surface area contributed by atoms with Crippen molar-refractivity contribution >= 4 is 22.7 Å². The van der Waals surface area contributed by atoms with E-state index in [1.165, 1.54) is 41.5 Å². The molecule has 40 heavy (non-hydrogen) atoms. The second-order valence-corrected chi connectivity index (χ2v) is 12.3. The normalized spacial score (nSPS) is 23.9. The Morgan fingerprint density at radius 3 is 2.35 bits per heavy atom. The summed E-state index contributed by atoms with van der Waals surface area (Å²) in [4.78, 5) is 31.0. The Morgan fingerprint density at radius 2 is 1.68 bits per heavy atom. The number of hydrogen-bond donors (Lipinski definition) is 1. The molecule has 1 unspecified atom stereocenters. The molecule has 3 heterocycles. The summed E-state index contributed by atoms with van der Waals surface area (Å²) in [5, 5.41) is 1.18. The smallest absolute Gasteiger partial charge is 0.248 e. The van der Waals surface area contributed by atoms with E-state index in [4.69, 9.17) is 10.5 Å². The van der Waals surface area contributed by atoms with E-state index in [-0.39, 0.29) is 11.8 Å². The van der Waals surface area contributed by atoms with Crippen LogP contribution in [0.4, 0.5) is 0 Å². The van der Waals surface area contributed by atoms with Gasteiger partial charge in [-0.3, -0.25) is 14.5 Å². The summed E-state index contributed by atoms with van der Waals surface area (Å²) in [5.41, 5.74) is 12.2. The number of likely N-dealkylation sites (N-methyl/N-ethyl adjacent to an activating group) is 1. The quantitative estimate of drug-likeness (QED) is 0.492. The molecule has 3 aliphatic rings. The zero-order chi connectivity index (χ0) is 28.1. The lowest BCUT2D eigenvalue weighted by Crippen LogP contribution is -2.57. The van der Waals surface area contributed by atoms with Crippen molar-refractivity contribution in [3.05, 3.63) is 53.1 Å². The number of rotatable bonds is 4. The van der Waals surface area contributed by atoms with Crippen molar-refractivity contribution in [1.82, 2.24) is 14.4 Å². The van der Waals surface area contributed by atoms with Crippen molar-refractivity contribution in [3.63, 3.8) is 0 Å². The largest absolute Gasteiger partial charge is 0.497 e. The maximum Gasteiger partial charge on any atom is 0.248 e. The Bertz CT molecular complexity index is 1440. The van der Waals surface area contributed by atoms with Gasteiger partial charge in [-0.25, -0.2) is 0 Å². The van der Waals surface area contributed by atoms with Crippen LogP contribution >= 0.6 is 0 Å². The van der Waals surface area contributed by atoms with E-state index in [1.54, 1.807) is 7.11 Å². The number of ether oxygens (including phenoxy) is 1. The van der Waals surface area contributed by atoms with Gasteiger partial charge in [0.25, 0.3) is 0 Å². The molecule has 2 aliphatic heterocycles. The highest BCUT2D eigenvalue weighted by Gasteiger charge is 2.37. The fraction of sp³-hybridized carbons (Fsp3) is 0.515. The third-order valence-electron chi connectivity index (χ3n) is 9.86. The van der Waals surface area contributed by atoms with Crippen LogP contribution in [0.5, 0.6) is 5.75 Å². The van der Waals surface area contributed by atoms with Crippen LogP contribution in [0.25, 0.3) is 22.2 Å². The van der Waals surface area contributed by atoms with Gasteiger partial charge >= 0.3 is 0 Å². The fourth-order valence-electron chi connectivity index (χ4n) is 7.47. The van der Waals surface area contributed by atoms with E-state index in [0.717, 1.165) is 42.8 Å². The van der Waals surface area contributed by atoms with Crippen molar-refractivity contribution in [3.8, 4) is 17.0 Å². The zero-order valence-electron chi connectivity index (χ0n) is 24.3. The summed E-state index contributed by atoms with van der Waals surface area (Å²) in [7, 11) is 3.84. The van der Waals surface area contributed by atoms with Crippen LogP contribution in [0, 0.1) is 5.92 Å². The maximum atomic E-state index is 14.3. The van der Waals surface area contributed by atoms with Gasteiger partial charge in [0.2, 0.25) is 11.8 Å². The van der Waals surface area contributed by atoms with Crippen molar-refractivity contribution < 1.29 is 14.3 Å². The molecule has 0 spiro atoms. The van der Waals surface area contributed by atoms with Gasteiger partial charge in [-0.1, -0.05) is 25.3 Å². The number of primary amides is 1. The Labute approximate surface area is 237 Å². The van der Waals surface area contributed by atoms with Gasteiger partial charge in [0.1, 0.15) is 5.75 Å². The summed E-state index contributed by atoms with van der Waals surface area (Å²) >= 11 is 0. The van der Waals surface area contributed by atoms with E-state index in [9.17, 15) is 9.59 Å². The number of fused-ring (bicyclic) bond motifs is 5. The summed E-state index contributed by atoms with van der Waals surface area (Å²) in [6.07, 6.45) is 6.72. The second kappa shape index (κ2) is 10.6. The number of nitrogens with two attached hydrogens (primary N) is 1. The first-order valence-electron chi connectivity index (χ1n) is 14.9. The highest BCUT2D eigenvalue weighted by molar-refractivity contribution is 6.00. The molecule has 1 saturated carbocycles. The van der Waals surface area contributed by atoms with E-state index in [0.29, 0.717) is 36.5 Å². The number of aromatic nitrogens is 1. The Balaban J connectivity index is 1.54. The highest BCUT2D eigenvalue weighted by atomic mass is 16.5. The summed E-state index contributed by atoms with van der Waals surface area (Å²) < 4.78 is 7.99. The molecule has 2 aromatic carbocycles. The number of carbonyl (C=O) groups is 2. The Hall–Kier alpha value is -3.32. The maximum absolute atomic E-state index is 14.3. The topological polar surface area (TPSA) is 80.8 Å². The number of nitrogens with zero attached hydrogens (tertiary/aromatic N) is 3. The van der Waals surface area contributed by atoms with Crippen molar-refractivity contribution in [2.45, 2.75) is 76.9 Å². The van der Waals surface area contributed by atoms with Crippen LogP contribution in [0.3, 0.4) is 0 Å². The van der Waals surface area contributed by atoms with Crippen LogP contribution in [-0.2, 0) is 17.8 Å². The van der Waals surface area contributed by atoms with E-state index in [1.807, 2.05) is 18.2 Å². The summed E-state index contributed by atoms with van der Waals surface area (Å²) in [6, 6.07) is 12.8. The highest BCUT2D eigenvalue weighted by Crippen LogP contribution is 2.47. The Kier molecular flexibility index (Phi) is 7.11. The first-order chi connectivity index (χ1) is 19.3. The number of hydrogen-bond acceptors (Lipinski definition) is 4. The third-order valence-corrected chi connectivity index (χ3v) is 9.86. The van der Waals surface area contributed by atoms with Gasteiger partial charge in [-0.05, 0) is 87.5 Å². The summed E-state index contributed by atoms with van der Waals surface area (Å²) in [6.45, 7) is 6.44. The summed E-state index contributed by atoms with van der Waals surface area (Å²) in [5.74, 6) is 0.825. The molecule has 6 rings (SSSR count). The van der Waals surface area contributed by atoms with E-state index in [2.05, 4.69) is 53.5 Å². The SMILES string of the molecule is COc1ccc2c(c1)CC(C(=O)N1C[C@@H](C)N(C)[C@@H](C)C1)Cn1c-2c(C2CCCCC2)c2ccc(C(N)=O)cc21. The van der Waals surface area contributed by atoms with E-state index < -0.39 is 5.91 Å². The van der Waals surface area contributed by atoms with Crippen molar-refractivity contribution in [2.75, 3.05) is 27.2 Å². The van der Waals surface area contributed by atoms with Crippen LogP contribution in [-0.4, -0.2) is 65.5 Å². The predicted molar refractivity (Wildman–Crippen MR) is 159 cm³/mol. The molecular formula is C33H42N4O3. The third kappa shape index (κ3) is 4.58. The van der Waals surface area contributed by atoms with Crippen LogP contribution in [0.15, 0.2) is 36.4 Å². The number of benzene rings is 2. The average Bonchev–Trinajstić information content (AvgIpc) is 3.17. The molecule has 0 radical (unpaired) electrons. The van der Waals surface area contributed by atoms with Crippen LogP contribution in [0.2, 0.25) is 0 Å². The Morgan fingerprint density at radius 1 is 0.950 bits per heavy atom. The molecule has 1 saturated heterocycles. The predicted octanol–water partition coefficient (Wildman–Crippen LogP) is 5.19. The number of methoxy groups -OCH3 is 1. The van der Waals surface area contributed by atoms with Gasteiger partial charge in [0.15, 0.2) is 0 Å². The molecule has 3 atom stereocenters. The molecule has 7 heteroatoms. The number of amides is 2. The van der Waals surface area contributed by atoms with Crippen molar-refractivity contribution in [1.29, 1.82) is 0 Å². The van der Waals surface area contributed by atoms with Crippen molar-refractivity contribution in [2.24, 2.45) is 11.7 Å². The molecule has 0 bridgehead atoms. The minimum absolute atomic E-state index is 0.209. The molecule has 7 nitrogen and oxygen atoms in total. The first-order valence-corrected chi connectivity index (χ1v) is 14.9. The molecule has 3 aromatic rings. The minimum Gasteiger partial charge on any atom is -0.497 e. The monoisotopic (exact) mass is 542 g/mol. The number of piperazine rings is 1.